The summed E-state index contributed by atoms with van der Waals surface area (Å²) in [5.74, 6) is 0.581. The van der Waals surface area contributed by atoms with Crippen molar-refractivity contribution in [2.75, 3.05) is 0 Å². The Morgan fingerprint density at radius 1 is 1.21 bits per heavy atom. The van der Waals surface area contributed by atoms with Crippen molar-refractivity contribution >= 4 is 17.5 Å². The Balaban J connectivity index is 2.12. The highest BCUT2D eigenvalue weighted by molar-refractivity contribution is 8.00. The maximum Gasteiger partial charge on any atom is 0.277 e. The number of aryl methyl sites for hydroxylation is 3. The fourth-order valence-corrected chi connectivity index (χ4v) is 2.46. The van der Waals surface area contributed by atoms with Gasteiger partial charge in [0.2, 0.25) is 5.89 Å². The first kappa shape index (κ1) is 13.8. The Bertz CT molecular complexity index is 607. The van der Waals surface area contributed by atoms with Gasteiger partial charge in [-0.3, -0.25) is 4.79 Å². The van der Waals surface area contributed by atoms with Crippen molar-refractivity contribution in [2.24, 2.45) is 0 Å². The lowest BCUT2D eigenvalue weighted by molar-refractivity contribution is 0.0993. The van der Waals surface area contributed by atoms with E-state index in [9.17, 15) is 4.79 Å². The van der Waals surface area contributed by atoms with Gasteiger partial charge in [0, 0.05) is 12.5 Å². The highest BCUT2D eigenvalue weighted by Gasteiger charge is 2.19. The van der Waals surface area contributed by atoms with Gasteiger partial charge in [-0.25, -0.2) is 0 Å². The summed E-state index contributed by atoms with van der Waals surface area (Å²) in [5, 5.41) is 7.82. The molecule has 0 N–H and O–H groups in total. The second kappa shape index (κ2) is 5.57. The number of carbonyl (C=O) groups excluding carboxylic acids is 1. The van der Waals surface area contributed by atoms with E-state index < -0.39 is 0 Å². The SMILES string of the molecule is Cc1nnc(SC(C)C(=O)c2ccc(C)c(C)c2)o1. The average molecular weight is 276 g/mol. The highest BCUT2D eigenvalue weighted by atomic mass is 32.2. The van der Waals surface area contributed by atoms with Gasteiger partial charge in [0.25, 0.3) is 5.22 Å². The van der Waals surface area contributed by atoms with Crippen LogP contribution in [0.15, 0.2) is 27.8 Å². The number of carbonyl (C=O) groups is 1. The standard InChI is InChI=1S/C14H16N2O2S/c1-8-5-6-12(7-9(8)2)13(17)10(3)19-14-16-15-11(4)18-14/h5-7,10H,1-4H3. The molecule has 1 heterocycles. The zero-order valence-electron chi connectivity index (χ0n) is 11.4. The van der Waals surface area contributed by atoms with Crippen LogP contribution in [0.1, 0.15) is 34.3 Å². The quantitative estimate of drug-likeness (QED) is 0.633. The Morgan fingerprint density at radius 2 is 1.95 bits per heavy atom. The number of thioether (sulfide) groups is 1. The Labute approximate surface area is 116 Å². The van der Waals surface area contributed by atoms with E-state index in [1.807, 2.05) is 39.0 Å². The van der Waals surface area contributed by atoms with E-state index >= 15 is 0 Å². The monoisotopic (exact) mass is 276 g/mol. The second-order valence-electron chi connectivity index (χ2n) is 4.51. The van der Waals surface area contributed by atoms with Crippen molar-refractivity contribution < 1.29 is 9.21 Å². The summed E-state index contributed by atoms with van der Waals surface area (Å²) in [6, 6.07) is 5.76. The fourth-order valence-electron chi connectivity index (χ4n) is 1.66. The van der Waals surface area contributed by atoms with Gasteiger partial charge in [-0.1, -0.05) is 23.9 Å². The number of benzene rings is 1. The van der Waals surface area contributed by atoms with Crippen LogP contribution in [0.25, 0.3) is 0 Å². The molecule has 0 saturated heterocycles. The number of hydrogen-bond donors (Lipinski definition) is 0. The molecule has 100 valence electrons. The van der Waals surface area contributed by atoms with Gasteiger partial charge in [0.1, 0.15) is 0 Å². The van der Waals surface area contributed by atoms with Gasteiger partial charge in [-0.2, -0.15) is 0 Å². The molecule has 2 aromatic rings. The third-order valence-electron chi connectivity index (χ3n) is 2.95. The normalized spacial score (nSPS) is 12.4. The zero-order valence-corrected chi connectivity index (χ0v) is 12.2. The third-order valence-corrected chi connectivity index (χ3v) is 3.88. The summed E-state index contributed by atoms with van der Waals surface area (Å²) < 4.78 is 5.27. The van der Waals surface area contributed by atoms with E-state index in [1.54, 1.807) is 6.92 Å². The summed E-state index contributed by atoms with van der Waals surface area (Å²) in [4.78, 5) is 12.3. The molecule has 0 amide bonds. The van der Waals surface area contributed by atoms with Crippen LogP contribution in [0.5, 0.6) is 0 Å². The van der Waals surface area contributed by atoms with Gasteiger partial charge in [-0.05, 0) is 38.0 Å². The first-order valence-electron chi connectivity index (χ1n) is 6.05. The maximum absolute atomic E-state index is 12.3. The van der Waals surface area contributed by atoms with Gasteiger partial charge in [0.05, 0.1) is 5.25 Å². The minimum atomic E-state index is -0.248. The molecule has 4 nitrogen and oxygen atoms in total. The maximum atomic E-state index is 12.3. The molecular formula is C14H16N2O2S. The third kappa shape index (κ3) is 3.23. The van der Waals surface area contributed by atoms with Crippen LogP contribution in [-0.4, -0.2) is 21.2 Å². The van der Waals surface area contributed by atoms with Crippen LogP contribution in [0.3, 0.4) is 0 Å². The first-order chi connectivity index (χ1) is 8.97. The molecule has 1 aromatic carbocycles. The lowest BCUT2D eigenvalue weighted by atomic mass is 10.0. The molecule has 19 heavy (non-hydrogen) atoms. The molecule has 0 fully saturated rings. The van der Waals surface area contributed by atoms with E-state index in [1.165, 1.54) is 17.3 Å². The molecule has 0 bridgehead atoms. The summed E-state index contributed by atoms with van der Waals surface area (Å²) in [5.41, 5.74) is 3.03. The zero-order chi connectivity index (χ0) is 14.0. The molecule has 0 saturated carbocycles. The largest absolute Gasteiger partial charge is 0.416 e. The summed E-state index contributed by atoms with van der Waals surface area (Å²) >= 11 is 1.29. The Hall–Kier alpha value is -1.62. The smallest absolute Gasteiger partial charge is 0.277 e. The number of nitrogens with zero attached hydrogens (tertiary/aromatic N) is 2. The van der Waals surface area contributed by atoms with Crippen molar-refractivity contribution in [3.63, 3.8) is 0 Å². The Kier molecular flexibility index (Phi) is 4.04. The van der Waals surface area contributed by atoms with E-state index in [-0.39, 0.29) is 11.0 Å². The van der Waals surface area contributed by atoms with Crippen LogP contribution in [0.2, 0.25) is 0 Å². The molecule has 0 aliphatic carbocycles. The minimum absolute atomic E-state index is 0.0731. The van der Waals surface area contributed by atoms with Crippen molar-refractivity contribution in [1.29, 1.82) is 0 Å². The van der Waals surface area contributed by atoms with Gasteiger partial charge >= 0.3 is 0 Å². The predicted octanol–water partition coefficient (Wildman–Crippen LogP) is 3.36. The van der Waals surface area contributed by atoms with Crippen molar-refractivity contribution in [3.8, 4) is 0 Å². The fraction of sp³-hybridized carbons (Fsp3) is 0.357. The van der Waals surface area contributed by atoms with E-state index in [0.29, 0.717) is 11.1 Å². The average Bonchev–Trinajstić information content (AvgIpc) is 2.77. The molecule has 1 unspecified atom stereocenters. The van der Waals surface area contributed by atoms with Crippen LogP contribution >= 0.6 is 11.8 Å². The molecule has 1 aromatic heterocycles. The summed E-state index contributed by atoms with van der Waals surface area (Å²) in [7, 11) is 0. The number of rotatable bonds is 4. The molecular weight excluding hydrogens is 260 g/mol. The second-order valence-corrected chi connectivity index (χ2v) is 5.80. The minimum Gasteiger partial charge on any atom is -0.416 e. The molecule has 0 radical (unpaired) electrons. The molecule has 1 atom stereocenters. The molecule has 5 heteroatoms. The topological polar surface area (TPSA) is 56.0 Å². The van der Waals surface area contributed by atoms with Gasteiger partial charge < -0.3 is 4.42 Å². The lowest BCUT2D eigenvalue weighted by Crippen LogP contribution is -2.13. The number of aromatic nitrogens is 2. The summed E-state index contributed by atoms with van der Waals surface area (Å²) in [6.45, 7) is 7.61. The number of hydrogen-bond acceptors (Lipinski definition) is 5. The van der Waals surface area contributed by atoms with Crippen LogP contribution in [0, 0.1) is 20.8 Å². The predicted molar refractivity (Wildman–Crippen MR) is 74.6 cm³/mol. The molecule has 0 aliphatic heterocycles. The lowest BCUT2D eigenvalue weighted by Gasteiger charge is -2.09. The molecule has 2 rings (SSSR count). The van der Waals surface area contributed by atoms with Crippen molar-refractivity contribution in [2.45, 2.75) is 38.2 Å². The van der Waals surface area contributed by atoms with Crippen molar-refractivity contribution in [3.05, 3.63) is 40.8 Å². The molecule has 0 spiro atoms. The molecule has 0 aliphatic rings. The first-order valence-corrected chi connectivity index (χ1v) is 6.93. The van der Waals surface area contributed by atoms with E-state index in [4.69, 9.17) is 4.42 Å². The van der Waals surface area contributed by atoms with Crippen molar-refractivity contribution in [1.82, 2.24) is 10.2 Å². The van der Waals surface area contributed by atoms with Gasteiger partial charge in [0.15, 0.2) is 5.78 Å². The Morgan fingerprint density at radius 3 is 2.53 bits per heavy atom. The van der Waals surface area contributed by atoms with Gasteiger partial charge in [-0.15, -0.1) is 10.2 Å². The van der Waals surface area contributed by atoms with Crippen LogP contribution in [-0.2, 0) is 0 Å². The van der Waals surface area contributed by atoms with Crippen LogP contribution in [0.4, 0.5) is 0 Å². The van der Waals surface area contributed by atoms with E-state index in [0.717, 1.165) is 11.1 Å². The summed E-state index contributed by atoms with van der Waals surface area (Å²) in [6.07, 6.45) is 0. The highest BCUT2D eigenvalue weighted by Crippen LogP contribution is 2.24. The van der Waals surface area contributed by atoms with E-state index in [2.05, 4.69) is 10.2 Å². The number of ketones is 1. The van der Waals surface area contributed by atoms with Crippen LogP contribution < -0.4 is 0 Å². The number of Topliss-reactive ketones (excluding diaryl/α,β-unsaturated/α-hetero) is 1.